The highest BCUT2D eigenvalue weighted by Crippen LogP contribution is 2.36. The molecule has 0 aliphatic carbocycles. The van der Waals surface area contributed by atoms with Crippen molar-refractivity contribution < 1.29 is 4.74 Å². The van der Waals surface area contributed by atoms with Crippen LogP contribution in [0, 0.1) is 18.3 Å². The zero-order chi connectivity index (χ0) is 19.0. The summed E-state index contributed by atoms with van der Waals surface area (Å²) in [4.78, 5) is 4.54. The molecule has 1 heterocycles. The fraction of sp³-hybridized carbons (Fsp3) is 0.0909. The van der Waals surface area contributed by atoms with E-state index in [1.54, 1.807) is 13.3 Å². The summed E-state index contributed by atoms with van der Waals surface area (Å²) in [6.45, 7) is 1.96. The van der Waals surface area contributed by atoms with Crippen LogP contribution in [-0.2, 0) is 0 Å². The minimum atomic E-state index is 0.478. The summed E-state index contributed by atoms with van der Waals surface area (Å²) >= 11 is 6.21. The Kier molecular flexibility index (Phi) is 4.31. The van der Waals surface area contributed by atoms with Crippen LogP contribution in [0.3, 0.4) is 0 Å². The smallest absolute Gasteiger partial charge is 0.139 e. The molecular weight excluding hydrogens is 358 g/mol. The van der Waals surface area contributed by atoms with Crippen LogP contribution in [0.25, 0.3) is 21.7 Å². The standard InChI is InChI=1S/C22H16ClN3O/c1-13-9-18(23)20(27-2)10-19(13)26-21-15(11-24)12-25-22-16-6-4-3-5-14(16)7-8-17(21)22/h3-10,12H,1-2H3,(H,25,26). The van der Waals surface area contributed by atoms with Crippen molar-refractivity contribution in [1.29, 1.82) is 5.26 Å². The average molecular weight is 374 g/mol. The van der Waals surface area contributed by atoms with E-state index >= 15 is 0 Å². The Balaban J connectivity index is 1.96. The molecule has 0 radical (unpaired) electrons. The van der Waals surface area contributed by atoms with E-state index in [0.717, 1.165) is 38.6 Å². The van der Waals surface area contributed by atoms with Gasteiger partial charge < -0.3 is 10.1 Å². The number of benzene rings is 3. The Labute approximate surface area is 162 Å². The van der Waals surface area contributed by atoms with Gasteiger partial charge in [0, 0.05) is 28.7 Å². The number of fused-ring (bicyclic) bond motifs is 3. The number of pyridine rings is 1. The first-order valence-corrected chi connectivity index (χ1v) is 8.82. The third-order valence-corrected chi connectivity index (χ3v) is 4.94. The first-order chi connectivity index (χ1) is 13.1. The van der Waals surface area contributed by atoms with Gasteiger partial charge in [0.05, 0.1) is 28.9 Å². The number of anilines is 2. The molecule has 3 aromatic carbocycles. The average Bonchev–Trinajstić information content (AvgIpc) is 2.69. The molecule has 0 spiro atoms. The molecule has 0 bridgehead atoms. The molecule has 0 unspecified atom stereocenters. The Morgan fingerprint density at radius 2 is 1.93 bits per heavy atom. The van der Waals surface area contributed by atoms with Crippen molar-refractivity contribution in [3.8, 4) is 11.8 Å². The third kappa shape index (κ3) is 2.92. The lowest BCUT2D eigenvalue weighted by Crippen LogP contribution is -1.99. The van der Waals surface area contributed by atoms with Crippen molar-refractivity contribution in [2.24, 2.45) is 0 Å². The summed E-state index contributed by atoms with van der Waals surface area (Å²) in [5, 5.41) is 16.6. The number of halogens is 1. The number of ether oxygens (including phenoxy) is 1. The van der Waals surface area contributed by atoms with Gasteiger partial charge in [0.1, 0.15) is 11.8 Å². The number of hydrogen-bond donors (Lipinski definition) is 1. The van der Waals surface area contributed by atoms with E-state index in [4.69, 9.17) is 16.3 Å². The summed E-state index contributed by atoms with van der Waals surface area (Å²) in [7, 11) is 1.58. The lowest BCUT2D eigenvalue weighted by atomic mass is 10.0. The SMILES string of the molecule is COc1cc(Nc2c(C#N)cnc3c2ccc2ccccc23)c(C)cc1Cl. The van der Waals surface area contributed by atoms with E-state index in [0.29, 0.717) is 16.3 Å². The molecule has 4 aromatic rings. The minimum Gasteiger partial charge on any atom is -0.495 e. The number of rotatable bonds is 3. The molecule has 5 heteroatoms. The van der Waals surface area contributed by atoms with Crippen LogP contribution in [0.1, 0.15) is 11.1 Å². The van der Waals surface area contributed by atoms with Crippen LogP contribution in [-0.4, -0.2) is 12.1 Å². The fourth-order valence-corrected chi connectivity index (χ4v) is 3.53. The van der Waals surface area contributed by atoms with Crippen LogP contribution in [0.5, 0.6) is 5.75 Å². The molecule has 0 saturated carbocycles. The van der Waals surface area contributed by atoms with E-state index < -0.39 is 0 Å². The number of nitriles is 1. The van der Waals surface area contributed by atoms with Gasteiger partial charge in [-0.15, -0.1) is 0 Å². The number of aromatic nitrogens is 1. The third-order valence-electron chi connectivity index (χ3n) is 4.64. The lowest BCUT2D eigenvalue weighted by molar-refractivity contribution is 0.415. The summed E-state index contributed by atoms with van der Waals surface area (Å²) in [6, 6.07) is 18.0. The molecule has 0 atom stereocenters. The molecule has 0 saturated heterocycles. The molecule has 0 aliphatic heterocycles. The molecular formula is C22H16ClN3O. The molecule has 1 N–H and O–H groups in total. The van der Waals surface area contributed by atoms with E-state index in [2.05, 4.69) is 22.4 Å². The van der Waals surface area contributed by atoms with Crippen LogP contribution in [0.4, 0.5) is 11.4 Å². The van der Waals surface area contributed by atoms with Crippen molar-refractivity contribution in [2.75, 3.05) is 12.4 Å². The Morgan fingerprint density at radius 3 is 2.70 bits per heavy atom. The van der Waals surface area contributed by atoms with Crippen LogP contribution < -0.4 is 10.1 Å². The fourth-order valence-electron chi connectivity index (χ4n) is 3.23. The van der Waals surface area contributed by atoms with E-state index in [9.17, 15) is 5.26 Å². The van der Waals surface area contributed by atoms with Crippen molar-refractivity contribution in [3.63, 3.8) is 0 Å². The van der Waals surface area contributed by atoms with Gasteiger partial charge in [-0.1, -0.05) is 48.0 Å². The predicted molar refractivity (Wildman–Crippen MR) is 110 cm³/mol. The summed E-state index contributed by atoms with van der Waals surface area (Å²) in [5.74, 6) is 0.576. The van der Waals surface area contributed by atoms with Crippen molar-refractivity contribution >= 4 is 44.7 Å². The second-order valence-corrected chi connectivity index (χ2v) is 6.68. The maximum Gasteiger partial charge on any atom is 0.139 e. The van der Waals surface area contributed by atoms with Gasteiger partial charge in [-0.2, -0.15) is 5.26 Å². The Hall–Kier alpha value is -3.29. The van der Waals surface area contributed by atoms with Crippen molar-refractivity contribution in [3.05, 3.63) is 70.9 Å². The molecule has 0 fully saturated rings. The highest BCUT2D eigenvalue weighted by atomic mass is 35.5. The normalized spacial score (nSPS) is 10.7. The largest absolute Gasteiger partial charge is 0.495 e. The van der Waals surface area contributed by atoms with Gasteiger partial charge in [0.15, 0.2) is 0 Å². The van der Waals surface area contributed by atoms with Crippen LogP contribution in [0.2, 0.25) is 5.02 Å². The first kappa shape index (κ1) is 17.1. The molecule has 27 heavy (non-hydrogen) atoms. The maximum atomic E-state index is 9.61. The molecule has 1 aromatic heterocycles. The molecule has 4 nitrogen and oxygen atoms in total. The van der Waals surface area contributed by atoms with Gasteiger partial charge >= 0.3 is 0 Å². The molecule has 4 rings (SSSR count). The number of nitrogens with zero attached hydrogens (tertiary/aromatic N) is 2. The molecule has 0 amide bonds. The first-order valence-electron chi connectivity index (χ1n) is 8.44. The lowest BCUT2D eigenvalue weighted by Gasteiger charge is -2.16. The van der Waals surface area contributed by atoms with Crippen molar-refractivity contribution in [2.45, 2.75) is 6.92 Å². The van der Waals surface area contributed by atoms with Gasteiger partial charge in [0.2, 0.25) is 0 Å². The Morgan fingerprint density at radius 1 is 1.11 bits per heavy atom. The number of nitrogens with one attached hydrogen (secondary N) is 1. The van der Waals surface area contributed by atoms with Gasteiger partial charge in [0.25, 0.3) is 0 Å². The summed E-state index contributed by atoms with van der Waals surface area (Å²) in [6.07, 6.45) is 1.61. The molecule has 0 aliphatic rings. The van der Waals surface area contributed by atoms with Crippen LogP contribution in [0.15, 0.2) is 54.7 Å². The zero-order valence-corrected chi connectivity index (χ0v) is 15.6. The quantitative estimate of drug-likeness (QED) is 0.449. The topological polar surface area (TPSA) is 57.9 Å². The van der Waals surface area contributed by atoms with Gasteiger partial charge in [-0.3, -0.25) is 4.98 Å². The highest BCUT2D eigenvalue weighted by Gasteiger charge is 2.14. The van der Waals surface area contributed by atoms with E-state index in [1.165, 1.54) is 0 Å². The van der Waals surface area contributed by atoms with Crippen molar-refractivity contribution in [1.82, 2.24) is 4.98 Å². The zero-order valence-electron chi connectivity index (χ0n) is 14.9. The van der Waals surface area contributed by atoms with Gasteiger partial charge in [-0.25, -0.2) is 0 Å². The maximum absolute atomic E-state index is 9.61. The number of hydrogen-bond acceptors (Lipinski definition) is 4. The molecule has 132 valence electrons. The van der Waals surface area contributed by atoms with E-state index in [1.807, 2.05) is 49.4 Å². The Bertz CT molecular complexity index is 1230. The van der Waals surface area contributed by atoms with Crippen LogP contribution >= 0.6 is 11.6 Å². The second kappa shape index (κ2) is 6.79. The highest BCUT2D eigenvalue weighted by molar-refractivity contribution is 6.32. The van der Waals surface area contributed by atoms with E-state index in [-0.39, 0.29) is 0 Å². The van der Waals surface area contributed by atoms with Gasteiger partial charge in [-0.05, 0) is 23.9 Å². The summed E-state index contributed by atoms with van der Waals surface area (Å²) in [5.41, 5.74) is 3.84. The minimum absolute atomic E-state index is 0.478. The number of methoxy groups -OCH3 is 1. The monoisotopic (exact) mass is 373 g/mol. The second-order valence-electron chi connectivity index (χ2n) is 6.27. The summed E-state index contributed by atoms with van der Waals surface area (Å²) < 4.78 is 5.33. The number of aryl methyl sites for hydroxylation is 1. The predicted octanol–water partition coefficient (Wildman–Crippen LogP) is 5.97.